The molecule has 0 atom stereocenters. The van der Waals surface area contributed by atoms with Gasteiger partial charge in [-0.05, 0) is 60.2 Å². The Morgan fingerprint density at radius 2 is 1.71 bits per heavy atom. The Morgan fingerprint density at radius 3 is 2.51 bits per heavy atom. The number of rotatable bonds is 11. The van der Waals surface area contributed by atoms with Crippen molar-refractivity contribution in [1.29, 1.82) is 0 Å². The summed E-state index contributed by atoms with van der Waals surface area (Å²) in [4.78, 5) is 4.75. The Balaban J connectivity index is 1.22. The van der Waals surface area contributed by atoms with Crippen LogP contribution in [0.15, 0.2) is 102 Å². The van der Waals surface area contributed by atoms with Gasteiger partial charge >= 0.3 is 0 Å². The number of ether oxygens (including phenoxy) is 2. The largest absolute Gasteiger partial charge is 0.487 e. The molecule has 0 aliphatic heterocycles. The molecule has 3 aromatic heterocycles. The quantitative estimate of drug-likeness (QED) is 0.118. The molecule has 7 heteroatoms. The summed E-state index contributed by atoms with van der Waals surface area (Å²) in [7, 11) is 1.59. The van der Waals surface area contributed by atoms with Crippen molar-refractivity contribution in [3.8, 4) is 22.9 Å². The van der Waals surface area contributed by atoms with Crippen LogP contribution in [0.5, 0.6) is 11.6 Å². The van der Waals surface area contributed by atoms with Crippen molar-refractivity contribution in [3.05, 3.63) is 108 Å². The van der Waals surface area contributed by atoms with Crippen molar-refractivity contribution in [2.45, 2.75) is 37.9 Å². The molecular formula is C34H32N4O2S. The lowest BCUT2D eigenvalue weighted by Gasteiger charge is -2.12. The van der Waals surface area contributed by atoms with E-state index < -0.39 is 0 Å². The van der Waals surface area contributed by atoms with E-state index in [0.717, 1.165) is 45.9 Å². The summed E-state index contributed by atoms with van der Waals surface area (Å²) < 4.78 is 13.7. The number of hydrogen-bond donors (Lipinski definition) is 0. The smallest absolute Gasteiger partial charge is 0.233 e. The van der Waals surface area contributed by atoms with Crippen LogP contribution in [0.25, 0.3) is 33.1 Å². The summed E-state index contributed by atoms with van der Waals surface area (Å²) in [6.45, 7) is 3.45. The highest BCUT2D eigenvalue weighted by atomic mass is 32.2. The minimum absolute atomic E-state index is 0.431. The number of hydrogen-bond acceptors (Lipinski definition) is 6. The second kappa shape index (κ2) is 12.4. The Kier molecular flexibility index (Phi) is 8.14. The molecule has 6 rings (SSSR count). The minimum Gasteiger partial charge on any atom is -0.487 e. The van der Waals surface area contributed by atoms with Crippen molar-refractivity contribution in [2.75, 3.05) is 12.9 Å². The molecule has 0 fully saturated rings. The normalized spacial score (nSPS) is 11.3. The maximum Gasteiger partial charge on any atom is 0.233 e. The number of fused-ring (bicyclic) bond motifs is 2. The standard InChI is InChI=1S/C34H32N4O2S/c1-3-4-19-41-34-21-27-20-29(40-23-28-14-13-25-7-5-6-8-30(25)35-28)15-17-32(27)38(34)22-24-9-11-26(12-10-24)31-16-18-33(39-2)37-36-31/h5-18,20-21H,3-4,19,22-23H2,1-2H3. The van der Waals surface area contributed by atoms with Gasteiger partial charge in [-0.2, -0.15) is 0 Å². The number of thioether (sulfide) groups is 1. The summed E-state index contributed by atoms with van der Waals surface area (Å²) >= 11 is 1.92. The van der Waals surface area contributed by atoms with Gasteiger partial charge in [0, 0.05) is 34.5 Å². The first kappa shape index (κ1) is 26.8. The Hall–Kier alpha value is -4.36. The number of unbranched alkanes of at least 4 members (excludes halogenated alkanes) is 1. The predicted octanol–water partition coefficient (Wildman–Crippen LogP) is 8.17. The highest BCUT2D eigenvalue weighted by Gasteiger charge is 2.12. The third-order valence-corrected chi connectivity index (χ3v) is 8.19. The molecule has 0 aliphatic rings. The molecule has 0 radical (unpaired) electrons. The molecule has 3 aromatic carbocycles. The zero-order valence-corrected chi connectivity index (χ0v) is 24.1. The molecule has 6 nitrogen and oxygen atoms in total. The van der Waals surface area contributed by atoms with Crippen LogP contribution in [0.4, 0.5) is 0 Å². The van der Waals surface area contributed by atoms with E-state index in [1.54, 1.807) is 7.11 Å². The second-order valence-electron chi connectivity index (χ2n) is 9.93. The highest BCUT2D eigenvalue weighted by molar-refractivity contribution is 7.99. The molecular weight excluding hydrogens is 528 g/mol. The Bertz CT molecular complexity index is 1760. The molecule has 206 valence electrons. The van der Waals surface area contributed by atoms with Crippen molar-refractivity contribution in [1.82, 2.24) is 19.7 Å². The maximum atomic E-state index is 6.19. The van der Waals surface area contributed by atoms with Gasteiger partial charge in [0.1, 0.15) is 12.4 Å². The van der Waals surface area contributed by atoms with Gasteiger partial charge in [0.05, 0.1) is 29.0 Å². The van der Waals surface area contributed by atoms with E-state index in [-0.39, 0.29) is 0 Å². The molecule has 0 saturated heterocycles. The number of aromatic nitrogens is 4. The summed E-state index contributed by atoms with van der Waals surface area (Å²) in [5.41, 5.74) is 6.19. The lowest BCUT2D eigenvalue weighted by molar-refractivity contribution is 0.302. The molecule has 0 bridgehead atoms. The van der Waals surface area contributed by atoms with Gasteiger partial charge in [0.15, 0.2) is 0 Å². The Labute approximate surface area is 244 Å². The molecule has 41 heavy (non-hydrogen) atoms. The van der Waals surface area contributed by atoms with Crippen LogP contribution in [-0.2, 0) is 13.2 Å². The third kappa shape index (κ3) is 6.20. The van der Waals surface area contributed by atoms with Gasteiger partial charge < -0.3 is 14.0 Å². The summed E-state index contributed by atoms with van der Waals surface area (Å²) in [6.07, 6.45) is 2.38. The van der Waals surface area contributed by atoms with Gasteiger partial charge in [-0.25, -0.2) is 4.98 Å². The van der Waals surface area contributed by atoms with Crippen LogP contribution in [0, 0.1) is 0 Å². The van der Waals surface area contributed by atoms with E-state index in [1.165, 1.54) is 34.3 Å². The van der Waals surface area contributed by atoms with Crippen LogP contribution in [0.3, 0.4) is 0 Å². The van der Waals surface area contributed by atoms with Crippen LogP contribution >= 0.6 is 11.8 Å². The molecule has 0 saturated carbocycles. The molecule has 0 amide bonds. The fourth-order valence-corrected chi connectivity index (χ4v) is 5.98. The van der Waals surface area contributed by atoms with Crippen LogP contribution in [0.1, 0.15) is 31.0 Å². The van der Waals surface area contributed by atoms with Crippen molar-refractivity contribution in [2.24, 2.45) is 0 Å². The number of para-hydroxylation sites is 1. The molecule has 6 aromatic rings. The first-order valence-electron chi connectivity index (χ1n) is 13.9. The fourth-order valence-electron chi connectivity index (χ4n) is 4.81. The van der Waals surface area contributed by atoms with E-state index in [1.807, 2.05) is 48.2 Å². The van der Waals surface area contributed by atoms with E-state index in [4.69, 9.17) is 14.5 Å². The van der Waals surface area contributed by atoms with E-state index in [0.29, 0.717) is 12.5 Å². The number of pyridine rings is 1. The molecule has 0 aliphatic carbocycles. The summed E-state index contributed by atoms with van der Waals surface area (Å²) in [6, 6.07) is 33.3. The minimum atomic E-state index is 0.431. The lowest BCUT2D eigenvalue weighted by atomic mass is 10.1. The molecule has 3 heterocycles. The number of nitrogens with zero attached hydrogens (tertiary/aromatic N) is 4. The third-order valence-electron chi connectivity index (χ3n) is 7.07. The zero-order chi connectivity index (χ0) is 28.0. The first-order valence-corrected chi connectivity index (χ1v) is 14.9. The van der Waals surface area contributed by atoms with Gasteiger partial charge in [-0.3, -0.25) is 0 Å². The van der Waals surface area contributed by atoms with Gasteiger partial charge in [-0.15, -0.1) is 22.0 Å². The average molecular weight is 561 g/mol. The Morgan fingerprint density at radius 1 is 0.829 bits per heavy atom. The first-order chi connectivity index (χ1) is 20.2. The van der Waals surface area contributed by atoms with Gasteiger partial charge in [0.25, 0.3) is 0 Å². The van der Waals surface area contributed by atoms with E-state index >= 15 is 0 Å². The fraction of sp³-hybridized carbons (Fsp3) is 0.206. The summed E-state index contributed by atoms with van der Waals surface area (Å²) in [5, 5.41) is 12.0. The number of benzene rings is 3. The maximum absolute atomic E-state index is 6.19. The molecule has 0 unspecified atom stereocenters. The van der Waals surface area contributed by atoms with E-state index in [2.05, 4.69) is 82.4 Å². The average Bonchev–Trinajstić information content (AvgIpc) is 3.36. The van der Waals surface area contributed by atoms with Crippen molar-refractivity contribution >= 4 is 33.6 Å². The van der Waals surface area contributed by atoms with Crippen molar-refractivity contribution < 1.29 is 9.47 Å². The second-order valence-corrected chi connectivity index (χ2v) is 11.0. The van der Waals surface area contributed by atoms with Crippen LogP contribution in [-0.4, -0.2) is 32.6 Å². The highest BCUT2D eigenvalue weighted by Crippen LogP contribution is 2.32. The SMILES string of the molecule is CCCCSc1cc2cc(OCc3ccc4ccccc4n3)ccc2n1Cc1ccc(-c2ccc(OC)nn2)cc1. The van der Waals surface area contributed by atoms with E-state index in [9.17, 15) is 0 Å². The van der Waals surface area contributed by atoms with Gasteiger partial charge in [-0.1, -0.05) is 61.9 Å². The number of methoxy groups -OCH3 is 1. The molecule has 0 N–H and O–H groups in total. The topological polar surface area (TPSA) is 62.1 Å². The summed E-state index contributed by atoms with van der Waals surface area (Å²) in [5.74, 6) is 2.45. The lowest BCUT2D eigenvalue weighted by Crippen LogP contribution is -2.02. The van der Waals surface area contributed by atoms with Crippen molar-refractivity contribution in [3.63, 3.8) is 0 Å². The molecule has 0 spiro atoms. The predicted molar refractivity (Wildman–Crippen MR) is 167 cm³/mol. The van der Waals surface area contributed by atoms with Crippen LogP contribution < -0.4 is 9.47 Å². The van der Waals surface area contributed by atoms with Crippen LogP contribution in [0.2, 0.25) is 0 Å². The van der Waals surface area contributed by atoms with Gasteiger partial charge in [0.2, 0.25) is 5.88 Å². The zero-order valence-electron chi connectivity index (χ0n) is 23.3. The monoisotopic (exact) mass is 560 g/mol.